The molecule has 0 unspecified atom stereocenters. The number of carboxylic acids is 1. The highest BCUT2D eigenvalue weighted by Crippen LogP contribution is 2.29. The first kappa shape index (κ1) is 15.2. The van der Waals surface area contributed by atoms with E-state index in [0.717, 1.165) is 16.1 Å². The minimum atomic E-state index is -1.02. The van der Waals surface area contributed by atoms with Gasteiger partial charge < -0.3 is 14.4 Å². The van der Waals surface area contributed by atoms with E-state index in [1.165, 1.54) is 6.08 Å². The molecule has 0 aliphatic carbocycles. The number of halogens is 1. The van der Waals surface area contributed by atoms with Gasteiger partial charge in [-0.15, -0.1) is 0 Å². The van der Waals surface area contributed by atoms with Crippen molar-refractivity contribution in [1.29, 1.82) is 0 Å². The number of carboxylic acid groups (broad SMARTS) is 1. The SMILES string of the molecule is Cc1noc(COc2c(C)cc(Br)cc2/C=C/C(=O)O)n1. The van der Waals surface area contributed by atoms with Gasteiger partial charge >= 0.3 is 5.97 Å². The van der Waals surface area contributed by atoms with Crippen LogP contribution in [-0.2, 0) is 11.4 Å². The zero-order valence-corrected chi connectivity index (χ0v) is 13.0. The molecule has 0 saturated heterocycles. The van der Waals surface area contributed by atoms with Crippen LogP contribution in [-0.4, -0.2) is 21.2 Å². The lowest BCUT2D eigenvalue weighted by atomic mass is 10.1. The van der Waals surface area contributed by atoms with E-state index >= 15 is 0 Å². The molecule has 0 aliphatic rings. The fourth-order valence-corrected chi connectivity index (χ4v) is 2.36. The minimum absolute atomic E-state index is 0.122. The molecule has 0 fully saturated rings. The zero-order chi connectivity index (χ0) is 15.4. The Morgan fingerprint density at radius 1 is 1.48 bits per heavy atom. The molecule has 1 aromatic heterocycles. The number of hydrogen-bond acceptors (Lipinski definition) is 5. The fraction of sp³-hybridized carbons (Fsp3) is 0.214. The van der Waals surface area contributed by atoms with E-state index in [1.807, 2.05) is 13.0 Å². The van der Waals surface area contributed by atoms with Crippen molar-refractivity contribution in [2.24, 2.45) is 0 Å². The van der Waals surface area contributed by atoms with Gasteiger partial charge in [-0.25, -0.2) is 4.79 Å². The summed E-state index contributed by atoms with van der Waals surface area (Å²) in [5, 5.41) is 12.4. The van der Waals surface area contributed by atoms with Crippen molar-refractivity contribution in [3.63, 3.8) is 0 Å². The molecule has 2 aromatic rings. The summed E-state index contributed by atoms with van der Waals surface area (Å²) in [7, 11) is 0. The standard InChI is InChI=1S/C14H13BrN2O4/c1-8-5-11(15)6-10(3-4-13(18)19)14(8)20-7-12-16-9(2)17-21-12/h3-6H,7H2,1-2H3,(H,18,19)/b4-3+. The predicted octanol–water partition coefficient (Wildman–Crippen LogP) is 3.13. The van der Waals surface area contributed by atoms with Gasteiger partial charge in [-0.2, -0.15) is 4.98 Å². The maximum atomic E-state index is 10.7. The first-order valence-electron chi connectivity index (χ1n) is 6.09. The number of nitrogens with zero attached hydrogens (tertiary/aromatic N) is 2. The minimum Gasteiger partial charge on any atom is -0.483 e. The number of carbonyl (C=O) groups is 1. The number of aromatic nitrogens is 2. The van der Waals surface area contributed by atoms with Crippen LogP contribution < -0.4 is 4.74 Å². The monoisotopic (exact) mass is 352 g/mol. The second kappa shape index (κ2) is 6.53. The van der Waals surface area contributed by atoms with E-state index in [4.69, 9.17) is 14.4 Å². The summed E-state index contributed by atoms with van der Waals surface area (Å²) in [6.07, 6.45) is 2.54. The van der Waals surface area contributed by atoms with Crippen molar-refractivity contribution in [2.75, 3.05) is 0 Å². The summed E-state index contributed by atoms with van der Waals surface area (Å²) in [6.45, 7) is 3.72. The predicted molar refractivity (Wildman–Crippen MR) is 78.9 cm³/mol. The fourth-order valence-electron chi connectivity index (χ4n) is 1.77. The van der Waals surface area contributed by atoms with E-state index in [1.54, 1.807) is 13.0 Å². The summed E-state index contributed by atoms with van der Waals surface area (Å²) in [4.78, 5) is 14.7. The van der Waals surface area contributed by atoms with Gasteiger partial charge in [0.1, 0.15) is 5.75 Å². The first-order valence-corrected chi connectivity index (χ1v) is 6.88. The molecule has 0 saturated carbocycles. The van der Waals surface area contributed by atoms with Crippen LogP contribution in [0.15, 0.2) is 27.2 Å². The summed E-state index contributed by atoms with van der Waals surface area (Å²) in [5.41, 5.74) is 1.52. The lowest BCUT2D eigenvalue weighted by Gasteiger charge is -2.11. The molecule has 110 valence electrons. The van der Waals surface area contributed by atoms with Gasteiger partial charge in [0, 0.05) is 16.1 Å². The molecule has 0 spiro atoms. The Morgan fingerprint density at radius 2 is 2.24 bits per heavy atom. The molecule has 0 atom stereocenters. The topological polar surface area (TPSA) is 85.5 Å². The van der Waals surface area contributed by atoms with Crippen LogP contribution in [0.4, 0.5) is 0 Å². The average Bonchev–Trinajstić information content (AvgIpc) is 2.80. The molecule has 0 amide bonds. The summed E-state index contributed by atoms with van der Waals surface area (Å²) < 4.78 is 11.5. The van der Waals surface area contributed by atoms with E-state index in [9.17, 15) is 4.79 Å². The number of aryl methyl sites for hydroxylation is 2. The third kappa shape index (κ3) is 4.16. The molecule has 7 heteroatoms. The number of rotatable bonds is 5. The molecule has 2 rings (SSSR count). The zero-order valence-electron chi connectivity index (χ0n) is 11.5. The maximum Gasteiger partial charge on any atom is 0.328 e. The van der Waals surface area contributed by atoms with Crippen LogP contribution in [0.25, 0.3) is 6.08 Å². The molecule has 21 heavy (non-hydrogen) atoms. The average molecular weight is 353 g/mol. The van der Waals surface area contributed by atoms with Crippen molar-refractivity contribution in [1.82, 2.24) is 10.1 Å². The Balaban J connectivity index is 2.26. The second-order valence-electron chi connectivity index (χ2n) is 4.34. The van der Waals surface area contributed by atoms with Gasteiger partial charge in [0.2, 0.25) is 0 Å². The number of benzene rings is 1. The highest BCUT2D eigenvalue weighted by molar-refractivity contribution is 9.10. The van der Waals surface area contributed by atoms with Crippen molar-refractivity contribution in [3.8, 4) is 5.75 Å². The number of aliphatic carboxylic acids is 1. The van der Waals surface area contributed by atoms with Crippen LogP contribution >= 0.6 is 15.9 Å². The lowest BCUT2D eigenvalue weighted by Crippen LogP contribution is -2.00. The normalized spacial score (nSPS) is 11.0. The largest absolute Gasteiger partial charge is 0.483 e. The molecule has 0 aliphatic heterocycles. The quantitative estimate of drug-likeness (QED) is 0.832. The molecule has 1 aromatic carbocycles. The van der Waals surface area contributed by atoms with Crippen LogP contribution in [0.3, 0.4) is 0 Å². The third-order valence-corrected chi connectivity index (χ3v) is 3.04. The van der Waals surface area contributed by atoms with Crippen LogP contribution in [0.1, 0.15) is 22.8 Å². The van der Waals surface area contributed by atoms with Crippen LogP contribution in [0.2, 0.25) is 0 Å². The van der Waals surface area contributed by atoms with Crippen LogP contribution in [0.5, 0.6) is 5.75 Å². The smallest absolute Gasteiger partial charge is 0.328 e. The van der Waals surface area contributed by atoms with Crippen molar-refractivity contribution >= 4 is 28.0 Å². The van der Waals surface area contributed by atoms with Crippen molar-refractivity contribution in [3.05, 3.63) is 45.5 Å². The highest BCUT2D eigenvalue weighted by Gasteiger charge is 2.10. The van der Waals surface area contributed by atoms with E-state index in [-0.39, 0.29) is 6.61 Å². The van der Waals surface area contributed by atoms with Crippen molar-refractivity contribution in [2.45, 2.75) is 20.5 Å². The number of hydrogen-bond donors (Lipinski definition) is 1. The highest BCUT2D eigenvalue weighted by atomic mass is 79.9. The molecule has 1 N–H and O–H groups in total. The van der Waals surface area contributed by atoms with E-state index in [2.05, 4.69) is 26.1 Å². The van der Waals surface area contributed by atoms with E-state index in [0.29, 0.717) is 23.0 Å². The molecular weight excluding hydrogens is 340 g/mol. The molecular formula is C14H13BrN2O4. The molecule has 6 nitrogen and oxygen atoms in total. The molecule has 0 bridgehead atoms. The summed E-state index contributed by atoms with van der Waals surface area (Å²) in [6, 6.07) is 3.66. The van der Waals surface area contributed by atoms with E-state index < -0.39 is 5.97 Å². The Hall–Kier alpha value is -2.15. The Morgan fingerprint density at radius 3 is 2.86 bits per heavy atom. The van der Waals surface area contributed by atoms with Gasteiger partial charge in [0.15, 0.2) is 12.4 Å². The van der Waals surface area contributed by atoms with Crippen molar-refractivity contribution < 1.29 is 19.2 Å². The lowest BCUT2D eigenvalue weighted by molar-refractivity contribution is -0.131. The van der Waals surface area contributed by atoms with Gasteiger partial charge in [0.25, 0.3) is 5.89 Å². The molecule has 0 radical (unpaired) electrons. The first-order chi connectivity index (χ1) is 9.95. The summed E-state index contributed by atoms with van der Waals surface area (Å²) >= 11 is 3.38. The van der Waals surface area contributed by atoms with Gasteiger partial charge in [-0.3, -0.25) is 0 Å². The van der Waals surface area contributed by atoms with Gasteiger partial charge in [-0.1, -0.05) is 21.1 Å². The Labute approximate surface area is 129 Å². The summed E-state index contributed by atoms with van der Waals surface area (Å²) in [5.74, 6) is 0.452. The van der Waals surface area contributed by atoms with Gasteiger partial charge in [0.05, 0.1) is 0 Å². The number of ether oxygens (including phenoxy) is 1. The Kier molecular flexibility index (Phi) is 4.74. The Bertz CT molecular complexity index is 694. The second-order valence-corrected chi connectivity index (χ2v) is 5.25. The van der Waals surface area contributed by atoms with Gasteiger partial charge in [-0.05, 0) is 37.6 Å². The third-order valence-electron chi connectivity index (χ3n) is 2.58. The molecule has 1 heterocycles. The van der Waals surface area contributed by atoms with Crippen LogP contribution in [0, 0.1) is 13.8 Å². The maximum absolute atomic E-state index is 10.7.